The molecule has 2 aromatic carbocycles. The first-order valence-corrected chi connectivity index (χ1v) is 11.4. The summed E-state index contributed by atoms with van der Waals surface area (Å²) in [6.45, 7) is 10.2. The second-order valence-corrected chi connectivity index (χ2v) is 9.69. The minimum absolute atomic E-state index is 0.184. The first-order chi connectivity index (χ1) is 16.1. The average molecular weight is 466 g/mol. The molecule has 34 heavy (non-hydrogen) atoms. The van der Waals surface area contributed by atoms with Crippen LogP contribution in [-0.2, 0) is 11.3 Å². The van der Waals surface area contributed by atoms with Gasteiger partial charge in [0.05, 0.1) is 6.10 Å². The van der Waals surface area contributed by atoms with Gasteiger partial charge in [-0.25, -0.2) is 4.79 Å². The van der Waals surface area contributed by atoms with E-state index in [4.69, 9.17) is 14.0 Å². The van der Waals surface area contributed by atoms with Crippen molar-refractivity contribution >= 4 is 6.09 Å². The largest absolute Gasteiger partial charge is 0.489 e. The Hall–Kier alpha value is -3.39. The molecule has 180 valence electrons. The highest BCUT2D eigenvalue weighted by Crippen LogP contribution is 2.34. The molecule has 4 rings (SSSR count). The topological polar surface area (TPSA) is 97.9 Å². The van der Waals surface area contributed by atoms with Gasteiger partial charge >= 0.3 is 6.09 Å². The van der Waals surface area contributed by atoms with E-state index in [9.17, 15) is 9.90 Å². The summed E-state index contributed by atoms with van der Waals surface area (Å²) in [5.41, 5.74) is 3.36. The predicted octanol–water partition coefficient (Wildman–Crippen LogP) is 4.98. The van der Waals surface area contributed by atoms with Crippen LogP contribution in [0.4, 0.5) is 4.79 Å². The molecule has 1 amide bonds. The number of ether oxygens (including phenoxy) is 2. The third-order valence-corrected chi connectivity index (χ3v) is 5.64. The van der Waals surface area contributed by atoms with Gasteiger partial charge in [0.25, 0.3) is 5.89 Å². The number of carbonyl (C=O) groups is 1. The van der Waals surface area contributed by atoms with Crippen LogP contribution in [-0.4, -0.2) is 44.5 Å². The standard InChI is InChI=1S/C26H31N3O5/c1-16-6-8-18(9-7-16)15-32-21-11-10-19(14-17(21)2)23-27-24(34-28-23)22-20(30)12-13-29(22)25(31)33-26(3,4)5/h6-11,14,20,22,30H,12-13,15H2,1-5H3/t20-,22-/m0/s1. The van der Waals surface area contributed by atoms with Crippen molar-refractivity contribution in [3.63, 3.8) is 0 Å². The SMILES string of the molecule is Cc1ccc(COc2ccc(-c3noc([C@@H]4[C@@H](O)CCN4C(=O)OC(C)(C)C)n3)cc2C)cc1. The van der Waals surface area contributed by atoms with Gasteiger partial charge in [-0.15, -0.1) is 0 Å². The summed E-state index contributed by atoms with van der Waals surface area (Å²) in [6, 6.07) is 13.2. The van der Waals surface area contributed by atoms with E-state index in [1.54, 1.807) is 20.8 Å². The first-order valence-electron chi connectivity index (χ1n) is 11.4. The number of hydrogen-bond acceptors (Lipinski definition) is 7. The van der Waals surface area contributed by atoms with Crippen LogP contribution in [0.1, 0.15) is 55.8 Å². The van der Waals surface area contributed by atoms with Crippen molar-refractivity contribution in [2.75, 3.05) is 6.54 Å². The molecule has 8 heteroatoms. The van der Waals surface area contributed by atoms with E-state index in [1.807, 2.05) is 25.1 Å². The average Bonchev–Trinajstić information content (AvgIpc) is 3.39. The van der Waals surface area contributed by atoms with Crippen LogP contribution >= 0.6 is 0 Å². The minimum Gasteiger partial charge on any atom is -0.489 e. The maximum Gasteiger partial charge on any atom is 0.411 e. The van der Waals surface area contributed by atoms with Gasteiger partial charge < -0.3 is 19.1 Å². The van der Waals surface area contributed by atoms with Gasteiger partial charge in [-0.3, -0.25) is 4.90 Å². The Bertz CT molecular complexity index is 1150. The lowest BCUT2D eigenvalue weighted by molar-refractivity contribution is 0.0107. The highest BCUT2D eigenvalue weighted by molar-refractivity contribution is 5.69. The number of rotatable bonds is 5. The molecule has 2 heterocycles. The zero-order valence-electron chi connectivity index (χ0n) is 20.2. The fraction of sp³-hybridized carbons (Fsp3) is 0.423. The number of aliphatic hydroxyl groups excluding tert-OH is 1. The number of amides is 1. The zero-order chi connectivity index (χ0) is 24.5. The molecule has 1 fully saturated rings. The van der Waals surface area contributed by atoms with E-state index >= 15 is 0 Å². The summed E-state index contributed by atoms with van der Waals surface area (Å²) in [7, 11) is 0. The van der Waals surface area contributed by atoms with Crippen molar-refractivity contribution in [2.24, 2.45) is 0 Å². The zero-order valence-corrected chi connectivity index (χ0v) is 20.2. The summed E-state index contributed by atoms with van der Waals surface area (Å²) in [5, 5.41) is 14.6. The van der Waals surface area contributed by atoms with Gasteiger partial charge in [-0.05, 0) is 70.4 Å². The van der Waals surface area contributed by atoms with E-state index in [-0.39, 0.29) is 5.89 Å². The van der Waals surface area contributed by atoms with Gasteiger partial charge in [0.2, 0.25) is 5.82 Å². The molecule has 1 N–H and O–H groups in total. The molecular formula is C26H31N3O5. The van der Waals surface area contributed by atoms with Crippen LogP contribution in [0.5, 0.6) is 5.75 Å². The highest BCUT2D eigenvalue weighted by atomic mass is 16.6. The van der Waals surface area contributed by atoms with Crippen LogP contribution in [0.25, 0.3) is 11.4 Å². The molecule has 1 aromatic heterocycles. The Morgan fingerprint density at radius 1 is 1.18 bits per heavy atom. The number of nitrogens with zero attached hydrogens (tertiary/aromatic N) is 3. The van der Waals surface area contributed by atoms with Crippen molar-refractivity contribution in [1.82, 2.24) is 15.0 Å². The van der Waals surface area contributed by atoms with E-state index in [0.717, 1.165) is 22.4 Å². The van der Waals surface area contributed by atoms with Crippen molar-refractivity contribution in [3.8, 4) is 17.1 Å². The van der Waals surface area contributed by atoms with Crippen LogP contribution in [0.2, 0.25) is 0 Å². The van der Waals surface area contributed by atoms with Gasteiger partial charge in [-0.1, -0.05) is 35.0 Å². The number of aryl methyl sites for hydroxylation is 2. The molecule has 0 bridgehead atoms. The Balaban J connectivity index is 1.48. The lowest BCUT2D eigenvalue weighted by atomic mass is 10.1. The van der Waals surface area contributed by atoms with Crippen molar-refractivity contribution in [3.05, 3.63) is 65.0 Å². The normalized spacial score (nSPS) is 18.2. The Labute approximate surface area is 199 Å². The van der Waals surface area contributed by atoms with Crippen LogP contribution < -0.4 is 4.74 Å². The summed E-state index contributed by atoms with van der Waals surface area (Å²) in [5.74, 6) is 1.34. The van der Waals surface area contributed by atoms with Crippen molar-refractivity contribution in [1.29, 1.82) is 0 Å². The lowest BCUT2D eigenvalue weighted by Gasteiger charge is -2.27. The molecule has 0 unspecified atom stereocenters. The number of benzene rings is 2. The molecule has 0 aliphatic carbocycles. The van der Waals surface area contributed by atoms with E-state index in [1.165, 1.54) is 10.5 Å². The monoisotopic (exact) mass is 465 g/mol. The first kappa shape index (κ1) is 23.8. The van der Waals surface area contributed by atoms with Crippen LogP contribution in [0.15, 0.2) is 47.0 Å². The van der Waals surface area contributed by atoms with E-state index in [0.29, 0.717) is 25.4 Å². The quantitative estimate of drug-likeness (QED) is 0.568. The van der Waals surface area contributed by atoms with Gasteiger partial charge in [-0.2, -0.15) is 4.98 Å². The highest BCUT2D eigenvalue weighted by Gasteiger charge is 2.42. The maximum atomic E-state index is 12.6. The Morgan fingerprint density at radius 2 is 1.91 bits per heavy atom. The molecule has 1 aliphatic rings. The fourth-order valence-electron chi connectivity index (χ4n) is 3.87. The Kier molecular flexibility index (Phi) is 6.61. The number of aliphatic hydroxyl groups is 1. The predicted molar refractivity (Wildman–Crippen MR) is 126 cm³/mol. The molecule has 1 aliphatic heterocycles. The van der Waals surface area contributed by atoms with Crippen molar-refractivity contribution < 1.29 is 23.9 Å². The molecule has 8 nitrogen and oxygen atoms in total. The molecule has 1 saturated heterocycles. The second kappa shape index (κ2) is 9.46. The fourth-order valence-corrected chi connectivity index (χ4v) is 3.87. The summed E-state index contributed by atoms with van der Waals surface area (Å²) < 4.78 is 16.9. The smallest absolute Gasteiger partial charge is 0.411 e. The number of likely N-dealkylation sites (tertiary alicyclic amines) is 1. The summed E-state index contributed by atoms with van der Waals surface area (Å²) >= 11 is 0. The van der Waals surface area contributed by atoms with Gasteiger partial charge in [0.15, 0.2) is 0 Å². The second-order valence-electron chi connectivity index (χ2n) is 9.69. The summed E-state index contributed by atoms with van der Waals surface area (Å²) in [4.78, 5) is 18.6. The van der Waals surface area contributed by atoms with E-state index in [2.05, 4.69) is 41.3 Å². The molecule has 0 spiro atoms. The van der Waals surface area contributed by atoms with Gasteiger partial charge in [0, 0.05) is 12.1 Å². The Morgan fingerprint density at radius 3 is 2.59 bits per heavy atom. The number of carbonyl (C=O) groups excluding carboxylic acids is 1. The lowest BCUT2D eigenvalue weighted by Crippen LogP contribution is -2.38. The molecular weight excluding hydrogens is 434 g/mol. The third kappa shape index (κ3) is 5.39. The summed E-state index contributed by atoms with van der Waals surface area (Å²) in [6.07, 6.45) is -0.909. The number of hydrogen-bond donors (Lipinski definition) is 1. The third-order valence-electron chi connectivity index (χ3n) is 5.64. The van der Waals surface area contributed by atoms with Crippen LogP contribution in [0.3, 0.4) is 0 Å². The van der Waals surface area contributed by atoms with E-state index < -0.39 is 23.8 Å². The van der Waals surface area contributed by atoms with Crippen LogP contribution in [0, 0.1) is 13.8 Å². The molecule has 2 atom stereocenters. The minimum atomic E-state index is -0.805. The molecule has 3 aromatic rings. The number of aromatic nitrogens is 2. The maximum absolute atomic E-state index is 12.6. The molecule has 0 saturated carbocycles. The van der Waals surface area contributed by atoms with Crippen molar-refractivity contribution in [2.45, 2.75) is 65.4 Å². The van der Waals surface area contributed by atoms with Gasteiger partial charge in [0.1, 0.15) is 24.0 Å². The molecule has 0 radical (unpaired) electrons.